The highest BCUT2D eigenvalue weighted by atomic mass is 32.2. The second-order valence-corrected chi connectivity index (χ2v) is 6.40. The van der Waals surface area contributed by atoms with Crippen molar-refractivity contribution in [3.05, 3.63) is 29.7 Å². The van der Waals surface area contributed by atoms with Crippen LogP contribution in [0.4, 0.5) is 0 Å². The topological polar surface area (TPSA) is 66.5 Å². The van der Waals surface area contributed by atoms with Gasteiger partial charge in [-0.3, -0.25) is 5.10 Å². The van der Waals surface area contributed by atoms with E-state index in [0.717, 1.165) is 17.4 Å². The standard InChI is InChI=1S/C13H19N5S/c1-9-16-12(18-17-9)19-11-6-5-10(7-14-11)8-15-13(2,3)4/h5-7,15H,8H2,1-4H3,(H,16,17,18). The fraction of sp³-hybridized carbons (Fsp3) is 0.462. The molecule has 2 aromatic rings. The van der Waals surface area contributed by atoms with Gasteiger partial charge in [-0.15, -0.1) is 5.10 Å². The summed E-state index contributed by atoms with van der Waals surface area (Å²) in [5.41, 5.74) is 1.29. The number of pyridine rings is 1. The Bertz CT molecular complexity index is 527. The van der Waals surface area contributed by atoms with Gasteiger partial charge in [-0.2, -0.15) is 0 Å². The monoisotopic (exact) mass is 277 g/mol. The third-order valence-electron chi connectivity index (χ3n) is 2.39. The van der Waals surface area contributed by atoms with Gasteiger partial charge in [-0.05, 0) is 51.1 Å². The second-order valence-electron chi connectivity index (χ2n) is 5.41. The molecule has 0 radical (unpaired) electrons. The van der Waals surface area contributed by atoms with Crippen molar-refractivity contribution in [2.45, 2.75) is 50.0 Å². The Balaban J connectivity index is 1.95. The maximum absolute atomic E-state index is 4.41. The lowest BCUT2D eigenvalue weighted by Gasteiger charge is -2.20. The van der Waals surface area contributed by atoms with Crippen LogP contribution in [0.15, 0.2) is 28.5 Å². The number of H-pyrrole nitrogens is 1. The number of rotatable bonds is 4. The van der Waals surface area contributed by atoms with E-state index >= 15 is 0 Å². The average molecular weight is 277 g/mol. The molecule has 2 aromatic heterocycles. The lowest BCUT2D eigenvalue weighted by Crippen LogP contribution is -2.35. The number of aromatic nitrogens is 4. The molecule has 0 saturated heterocycles. The van der Waals surface area contributed by atoms with E-state index in [4.69, 9.17) is 0 Å². The van der Waals surface area contributed by atoms with Crippen LogP contribution in [0.1, 0.15) is 32.2 Å². The lowest BCUT2D eigenvalue weighted by atomic mass is 10.1. The van der Waals surface area contributed by atoms with E-state index in [2.05, 4.69) is 52.3 Å². The minimum absolute atomic E-state index is 0.115. The first-order valence-electron chi connectivity index (χ1n) is 6.19. The van der Waals surface area contributed by atoms with Gasteiger partial charge in [0.1, 0.15) is 10.9 Å². The molecule has 2 N–H and O–H groups in total. The molecule has 0 atom stereocenters. The van der Waals surface area contributed by atoms with Gasteiger partial charge in [0, 0.05) is 18.3 Å². The predicted molar refractivity (Wildman–Crippen MR) is 76.1 cm³/mol. The quantitative estimate of drug-likeness (QED) is 0.899. The summed E-state index contributed by atoms with van der Waals surface area (Å²) >= 11 is 1.46. The third kappa shape index (κ3) is 4.65. The summed E-state index contributed by atoms with van der Waals surface area (Å²) in [5.74, 6) is 0.813. The van der Waals surface area contributed by atoms with Crippen molar-refractivity contribution in [2.75, 3.05) is 0 Å². The van der Waals surface area contributed by atoms with Gasteiger partial charge in [0.15, 0.2) is 0 Å². The summed E-state index contributed by atoms with van der Waals surface area (Å²) < 4.78 is 0. The van der Waals surface area contributed by atoms with Gasteiger partial charge in [0.2, 0.25) is 5.16 Å². The molecule has 0 amide bonds. The van der Waals surface area contributed by atoms with E-state index in [1.54, 1.807) is 0 Å². The zero-order chi connectivity index (χ0) is 13.9. The Morgan fingerprint density at radius 1 is 1.32 bits per heavy atom. The smallest absolute Gasteiger partial charge is 0.214 e. The van der Waals surface area contributed by atoms with Crippen LogP contribution in [0.5, 0.6) is 0 Å². The van der Waals surface area contributed by atoms with Gasteiger partial charge >= 0.3 is 0 Å². The van der Waals surface area contributed by atoms with Crippen LogP contribution in [0.2, 0.25) is 0 Å². The maximum atomic E-state index is 4.41. The van der Waals surface area contributed by atoms with Crippen molar-refractivity contribution in [1.82, 2.24) is 25.5 Å². The number of hydrogen-bond donors (Lipinski definition) is 2. The number of nitrogens with zero attached hydrogens (tertiary/aromatic N) is 3. The van der Waals surface area contributed by atoms with Crippen molar-refractivity contribution in [3.63, 3.8) is 0 Å². The zero-order valence-corrected chi connectivity index (χ0v) is 12.5. The number of hydrogen-bond acceptors (Lipinski definition) is 5. The normalized spacial score (nSPS) is 11.8. The molecule has 19 heavy (non-hydrogen) atoms. The molecule has 0 spiro atoms. The predicted octanol–water partition coefficient (Wildman–Crippen LogP) is 2.55. The Kier molecular flexibility index (Phi) is 4.21. The van der Waals surface area contributed by atoms with Crippen LogP contribution in [0.25, 0.3) is 0 Å². The van der Waals surface area contributed by atoms with Crippen LogP contribution in [-0.2, 0) is 6.54 Å². The van der Waals surface area contributed by atoms with E-state index in [-0.39, 0.29) is 5.54 Å². The highest BCUT2D eigenvalue weighted by Crippen LogP contribution is 2.22. The highest BCUT2D eigenvalue weighted by Gasteiger charge is 2.09. The molecular weight excluding hydrogens is 258 g/mol. The Hall–Kier alpha value is -1.40. The molecule has 2 rings (SSSR count). The van der Waals surface area contributed by atoms with Crippen molar-refractivity contribution in [2.24, 2.45) is 0 Å². The van der Waals surface area contributed by atoms with Crippen LogP contribution in [0.3, 0.4) is 0 Å². The van der Waals surface area contributed by atoms with Gasteiger partial charge in [-0.1, -0.05) is 6.07 Å². The highest BCUT2D eigenvalue weighted by molar-refractivity contribution is 7.99. The minimum atomic E-state index is 0.115. The summed E-state index contributed by atoms with van der Waals surface area (Å²) in [6.07, 6.45) is 1.89. The molecule has 0 aliphatic heterocycles. The third-order valence-corrected chi connectivity index (χ3v) is 3.21. The molecule has 0 aliphatic rings. The molecule has 0 aromatic carbocycles. The number of aromatic amines is 1. The molecule has 0 bridgehead atoms. The summed E-state index contributed by atoms with van der Waals surface area (Å²) in [7, 11) is 0. The van der Waals surface area contributed by atoms with E-state index in [9.17, 15) is 0 Å². The molecule has 6 heteroatoms. The molecule has 0 saturated carbocycles. The first-order valence-corrected chi connectivity index (χ1v) is 7.01. The molecule has 102 valence electrons. The number of aryl methyl sites for hydroxylation is 1. The van der Waals surface area contributed by atoms with E-state index in [0.29, 0.717) is 5.16 Å². The summed E-state index contributed by atoms with van der Waals surface area (Å²) in [5, 5.41) is 11.9. The first kappa shape index (κ1) is 14.0. The van der Waals surface area contributed by atoms with Crippen molar-refractivity contribution in [1.29, 1.82) is 0 Å². The van der Waals surface area contributed by atoms with Gasteiger partial charge in [0.25, 0.3) is 0 Å². The summed E-state index contributed by atoms with van der Waals surface area (Å²) in [6.45, 7) is 9.15. The van der Waals surface area contributed by atoms with Crippen LogP contribution in [-0.4, -0.2) is 25.7 Å². The van der Waals surface area contributed by atoms with E-state index in [1.807, 2.05) is 19.2 Å². The molecule has 5 nitrogen and oxygen atoms in total. The van der Waals surface area contributed by atoms with Gasteiger partial charge in [-0.25, -0.2) is 9.97 Å². The van der Waals surface area contributed by atoms with E-state index < -0.39 is 0 Å². The van der Waals surface area contributed by atoms with Crippen LogP contribution < -0.4 is 5.32 Å². The molecule has 0 fully saturated rings. The zero-order valence-electron chi connectivity index (χ0n) is 11.7. The van der Waals surface area contributed by atoms with Gasteiger partial charge in [0.05, 0.1) is 0 Å². The van der Waals surface area contributed by atoms with Crippen molar-refractivity contribution < 1.29 is 0 Å². The fourth-order valence-corrected chi connectivity index (χ4v) is 2.11. The number of nitrogens with one attached hydrogen (secondary N) is 2. The lowest BCUT2D eigenvalue weighted by molar-refractivity contribution is 0.424. The van der Waals surface area contributed by atoms with Crippen LogP contribution >= 0.6 is 11.8 Å². The molecular formula is C13H19N5S. The minimum Gasteiger partial charge on any atom is -0.308 e. The average Bonchev–Trinajstić information content (AvgIpc) is 2.73. The van der Waals surface area contributed by atoms with Crippen molar-refractivity contribution >= 4 is 11.8 Å². The Morgan fingerprint density at radius 2 is 2.11 bits per heavy atom. The Labute approximate surface area is 117 Å². The fourth-order valence-electron chi connectivity index (χ4n) is 1.40. The molecule has 0 aliphatic carbocycles. The van der Waals surface area contributed by atoms with Gasteiger partial charge < -0.3 is 5.32 Å². The first-order chi connectivity index (χ1) is 8.92. The van der Waals surface area contributed by atoms with E-state index in [1.165, 1.54) is 17.3 Å². The summed E-state index contributed by atoms with van der Waals surface area (Å²) in [6, 6.07) is 4.07. The second kappa shape index (κ2) is 5.71. The van der Waals surface area contributed by atoms with Crippen molar-refractivity contribution in [3.8, 4) is 0 Å². The molecule has 2 heterocycles. The SMILES string of the molecule is Cc1nc(Sc2ccc(CNC(C)(C)C)cn2)n[nH]1. The Morgan fingerprint density at radius 3 is 2.63 bits per heavy atom. The summed E-state index contributed by atoms with van der Waals surface area (Å²) in [4.78, 5) is 8.65. The largest absolute Gasteiger partial charge is 0.308 e. The van der Waals surface area contributed by atoms with Crippen LogP contribution in [0, 0.1) is 6.92 Å². The molecule has 0 unspecified atom stereocenters. The maximum Gasteiger partial charge on any atom is 0.214 e.